The Morgan fingerprint density at radius 2 is 2.53 bits per heavy atom. The van der Waals surface area contributed by atoms with E-state index in [9.17, 15) is 0 Å². The minimum absolute atomic E-state index is 0.116. The molecule has 0 spiro atoms. The van der Waals surface area contributed by atoms with Gasteiger partial charge in [0.25, 0.3) is 0 Å². The van der Waals surface area contributed by atoms with E-state index in [2.05, 4.69) is 16.4 Å². The van der Waals surface area contributed by atoms with Gasteiger partial charge in [0.2, 0.25) is 0 Å². The summed E-state index contributed by atoms with van der Waals surface area (Å²) in [5.41, 5.74) is 1.14. The van der Waals surface area contributed by atoms with E-state index in [4.69, 9.17) is 9.47 Å². The highest BCUT2D eigenvalue weighted by atomic mass is 16.5. The number of nitrogens with one attached hydrogen (secondary N) is 1. The molecule has 1 atom stereocenters. The van der Waals surface area contributed by atoms with Crippen LogP contribution in [0, 0.1) is 0 Å². The van der Waals surface area contributed by atoms with Gasteiger partial charge < -0.3 is 14.8 Å². The molecule has 0 radical (unpaired) electrons. The number of ether oxygens (including phenoxy) is 2. The minimum atomic E-state index is -0.116. The van der Waals surface area contributed by atoms with E-state index in [1.807, 2.05) is 12.3 Å². The Balaban J connectivity index is 1.69. The zero-order valence-corrected chi connectivity index (χ0v) is 10.3. The smallest absolute Gasteiger partial charge is 0.106 e. The average Bonchev–Trinajstić information content (AvgIpc) is 2.85. The number of hydrogen-bond donors (Lipinski definition) is 1. The maximum atomic E-state index is 5.55. The fourth-order valence-electron chi connectivity index (χ4n) is 2.06. The van der Waals surface area contributed by atoms with Gasteiger partial charge in [0.05, 0.1) is 6.61 Å². The third kappa shape index (κ3) is 3.49. The Bertz CT molecular complexity index is 323. The Labute approximate surface area is 102 Å². The molecule has 4 heteroatoms. The number of aromatic nitrogens is 1. The zero-order chi connectivity index (χ0) is 12.0. The standard InChI is InChI=1S/C13H20N2O2/c1-16-13(5-8-17-11-13)10-15-7-4-12-3-2-6-14-9-12/h2-3,6,9,15H,4-5,7-8,10-11H2,1H3. The van der Waals surface area contributed by atoms with E-state index in [0.717, 1.165) is 32.5 Å². The molecular formula is C13H20N2O2. The quantitative estimate of drug-likeness (QED) is 0.749. The minimum Gasteiger partial charge on any atom is -0.378 e. The zero-order valence-electron chi connectivity index (χ0n) is 10.3. The summed E-state index contributed by atoms with van der Waals surface area (Å²) in [5, 5.41) is 3.43. The molecule has 1 aromatic rings. The largest absolute Gasteiger partial charge is 0.378 e. The summed E-state index contributed by atoms with van der Waals surface area (Å²) in [6.07, 6.45) is 5.68. The molecule has 0 aromatic carbocycles. The van der Waals surface area contributed by atoms with E-state index < -0.39 is 0 Å². The van der Waals surface area contributed by atoms with E-state index in [1.54, 1.807) is 13.3 Å². The van der Waals surface area contributed by atoms with Gasteiger partial charge in [0.15, 0.2) is 0 Å². The molecule has 1 saturated heterocycles. The Morgan fingerprint density at radius 3 is 3.18 bits per heavy atom. The molecule has 1 N–H and O–H groups in total. The number of nitrogens with zero attached hydrogens (tertiary/aromatic N) is 1. The average molecular weight is 236 g/mol. The first-order valence-corrected chi connectivity index (χ1v) is 6.07. The van der Waals surface area contributed by atoms with Crippen molar-refractivity contribution < 1.29 is 9.47 Å². The van der Waals surface area contributed by atoms with Gasteiger partial charge in [0, 0.05) is 39.1 Å². The van der Waals surface area contributed by atoms with Crippen molar-refractivity contribution in [2.45, 2.75) is 18.4 Å². The number of rotatable bonds is 6. The molecule has 1 aliphatic heterocycles. The first-order chi connectivity index (χ1) is 8.35. The van der Waals surface area contributed by atoms with Crippen molar-refractivity contribution in [2.24, 2.45) is 0 Å². The van der Waals surface area contributed by atoms with Gasteiger partial charge in [-0.15, -0.1) is 0 Å². The van der Waals surface area contributed by atoms with E-state index in [0.29, 0.717) is 6.61 Å². The fourth-order valence-corrected chi connectivity index (χ4v) is 2.06. The highest BCUT2D eigenvalue weighted by molar-refractivity contribution is 5.08. The van der Waals surface area contributed by atoms with Gasteiger partial charge in [0.1, 0.15) is 5.60 Å². The Morgan fingerprint density at radius 1 is 1.59 bits per heavy atom. The lowest BCUT2D eigenvalue weighted by Crippen LogP contribution is -2.43. The molecule has 1 aromatic heterocycles. The van der Waals surface area contributed by atoms with Crippen LogP contribution in [-0.2, 0) is 15.9 Å². The molecule has 0 saturated carbocycles. The second-order valence-corrected chi connectivity index (χ2v) is 4.48. The van der Waals surface area contributed by atoms with Crippen molar-refractivity contribution in [1.82, 2.24) is 10.3 Å². The van der Waals surface area contributed by atoms with Crippen LogP contribution in [0.1, 0.15) is 12.0 Å². The van der Waals surface area contributed by atoms with Crippen molar-refractivity contribution in [2.75, 3.05) is 33.4 Å². The van der Waals surface area contributed by atoms with Gasteiger partial charge in [-0.3, -0.25) is 4.98 Å². The van der Waals surface area contributed by atoms with E-state index in [1.165, 1.54) is 5.56 Å². The number of methoxy groups -OCH3 is 1. The molecule has 2 heterocycles. The number of hydrogen-bond acceptors (Lipinski definition) is 4. The van der Waals surface area contributed by atoms with Crippen molar-refractivity contribution in [1.29, 1.82) is 0 Å². The van der Waals surface area contributed by atoms with Crippen LogP contribution >= 0.6 is 0 Å². The van der Waals surface area contributed by atoms with Gasteiger partial charge in [-0.05, 0) is 24.6 Å². The van der Waals surface area contributed by atoms with Crippen molar-refractivity contribution in [3.63, 3.8) is 0 Å². The molecule has 0 bridgehead atoms. The summed E-state index contributed by atoms with van der Waals surface area (Å²) < 4.78 is 10.9. The van der Waals surface area contributed by atoms with Crippen molar-refractivity contribution in [3.05, 3.63) is 30.1 Å². The summed E-state index contributed by atoms with van der Waals surface area (Å²) in [6.45, 7) is 3.29. The molecule has 0 amide bonds. The van der Waals surface area contributed by atoms with Gasteiger partial charge >= 0.3 is 0 Å². The van der Waals surface area contributed by atoms with Gasteiger partial charge in [-0.25, -0.2) is 0 Å². The predicted octanol–water partition coefficient (Wildman–Crippen LogP) is 1.02. The second-order valence-electron chi connectivity index (χ2n) is 4.48. The van der Waals surface area contributed by atoms with E-state index >= 15 is 0 Å². The lowest BCUT2D eigenvalue weighted by molar-refractivity contribution is -0.0155. The molecule has 1 aliphatic rings. The Kier molecular flexibility index (Phi) is 4.48. The van der Waals surface area contributed by atoms with Crippen molar-refractivity contribution in [3.8, 4) is 0 Å². The highest BCUT2D eigenvalue weighted by Gasteiger charge is 2.34. The Hall–Kier alpha value is -0.970. The van der Waals surface area contributed by atoms with Crippen LogP contribution in [0.3, 0.4) is 0 Å². The molecule has 1 fully saturated rings. The first kappa shape index (κ1) is 12.5. The molecule has 2 rings (SSSR count). The van der Waals surface area contributed by atoms with Crippen LogP contribution in [0.15, 0.2) is 24.5 Å². The maximum Gasteiger partial charge on any atom is 0.106 e. The molecule has 0 aliphatic carbocycles. The molecular weight excluding hydrogens is 216 g/mol. The lowest BCUT2D eigenvalue weighted by atomic mass is 10.0. The third-order valence-corrected chi connectivity index (χ3v) is 3.26. The van der Waals surface area contributed by atoms with Crippen molar-refractivity contribution >= 4 is 0 Å². The SMILES string of the molecule is COC1(CNCCc2cccnc2)CCOC1. The summed E-state index contributed by atoms with van der Waals surface area (Å²) >= 11 is 0. The van der Waals surface area contributed by atoms with Crippen LogP contribution in [-0.4, -0.2) is 44.0 Å². The molecule has 4 nitrogen and oxygen atoms in total. The molecule has 17 heavy (non-hydrogen) atoms. The van der Waals surface area contributed by atoms with Crippen LogP contribution in [0.2, 0.25) is 0 Å². The van der Waals surface area contributed by atoms with Gasteiger partial charge in [-0.1, -0.05) is 6.07 Å². The summed E-state index contributed by atoms with van der Waals surface area (Å²) in [7, 11) is 1.76. The summed E-state index contributed by atoms with van der Waals surface area (Å²) in [4.78, 5) is 4.10. The van der Waals surface area contributed by atoms with Crippen LogP contribution in [0.4, 0.5) is 0 Å². The monoisotopic (exact) mass is 236 g/mol. The summed E-state index contributed by atoms with van der Waals surface area (Å²) in [6, 6.07) is 4.07. The number of pyridine rings is 1. The highest BCUT2D eigenvalue weighted by Crippen LogP contribution is 2.21. The summed E-state index contributed by atoms with van der Waals surface area (Å²) in [5.74, 6) is 0. The van der Waals surface area contributed by atoms with Gasteiger partial charge in [-0.2, -0.15) is 0 Å². The topological polar surface area (TPSA) is 43.4 Å². The first-order valence-electron chi connectivity index (χ1n) is 6.07. The molecule has 1 unspecified atom stereocenters. The lowest BCUT2D eigenvalue weighted by Gasteiger charge is -2.26. The van der Waals surface area contributed by atoms with Crippen LogP contribution < -0.4 is 5.32 Å². The second kappa shape index (κ2) is 6.10. The fraction of sp³-hybridized carbons (Fsp3) is 0.615. The normalized spacial score (nSPS) is 24.1. The molecule has 94 valence electrons. The van der Waals surface area contributed by atoms with Crippen LogP contribution in [0.5, 0.6) is 0 Å². The maximum absolute atomic E-state index is 5.55. The van der Waals surface area contributed by atoms with Crippen LogP contribution in [0.25, 0.3) is 0 Å². The predicted molar refractivity (Wildman–Crippen MR) is 66.0 cm³/mol. The van der Waals surface area contributed by atoms with E-state index in [-0.39, 0.29) is 5.60 Å². The third-order valence-electron chi connectivity index (χ3n) is 3.26.